The fourth-order valence-corrected chi connectivity index (χ4v) is 1.62. The van der Waals surface area contributed by atoms with Gasteiger partial charge in [0, 0.05) is 18.2 Å². The summed E-state index contributed by atoms with van der Waals surface area (Å²) < 4.78 is 0. The molecule has 1 aliphatic heterocycles. The largest absolute Gasteiger partial charge is 0.256 e. The maximum absolute atomic E-state index is 4.26. The number of nitrogens with one attached hydrogen (secondary N) is 1. The Balaban J connectivity index is 2.14. The molecule has 0 aliphatic carbocycles. The smallest absolute Gasteiger partial charge is 0.182 e. The zero-order chi connectivity index (χ0) is 10.1. The zero-order valence-electron chi connectivity index (χ0n) is 8.57. The van der Waals surface area contributed by atoms with Crippen molar-refractivity contribution in [3.63, 3.8) is 0 Å². The fraction of sp³-hybridized carbons (Fsp3) is 0.600. The molecule has 0 spiro atoms. The molecular formula is C10H17N3S. The Morgan fingerprint density at radius 2 is 2.57 bits per heavy atom. The van der Waals surface area contributed by atoms with Crippen LogP contribution in [0.25, 0.3) is 0 Å². The van der Waals surface area contributed by atoms with E-state index < -0.39 is 0 Å². The molecule has 0 radical (unpaired) electrons. The molecule has 1 heterocycles. The van der Waals surface area contributed by atoms with Crippen LogP contribution in [-0.4, -0.2) is 17.1 Å². The van der Waals surface area contributed by atoms with Crippen LogP contribution in [0.4, 0.5) is 0 Å². The fourth-order valence-electron chi connectivity index (χ4n) is 1.06. The summed E-state index contributed by atoms with van der Waals surface area (Å²) in [6.45, 7) is 2.21. The number of hydrazone groups is 1. The van der Waals surface area contributed by atoms with Crippen molar-refractivity contribution in [3.05, 3.63) is 12.3 Å². The number of amidine groups is 1. The van der Waals surface area contributed by atoms with Crippen molar-refractivity contribution in [2.24, 2.45) is 10.1 Å². The van der Waals surface area contributed by atoms with E-state index in [1.807, 2.05) is 12.4 Å². The van der Waals surface area contributed by atoms with Gasteiger partial charge in [-0.05, 0) is 12.8 Å². The van der Waals surface area contributed by atoms with Crippen LogP contribution in [0.5, 0.6) is 0 Å². The summed E-state index contributed by atoms with van der Waals surface area (Å²) in [7, 11) is 0. The van der Waals surface area contributed by atoms with Gasteiger partial charge in [-0.15, -0.1) is 0 Å². The van der Waals surface area contributed by atoms with Gasteiger partial charge in [0.25, 0.3) is 0 Å². The van der Waals surface area contributed by atoms with Crippen molar-refractivity contribution >= 4 is 23.1 Å². The topological polar surface area (TPSA) is 36.8 Å². The van der Waals surface area contributed by atoms with Gasteiger partial charge in [-0.25, -0.2) is 4.99 Å². The summed E-state index contributed by atoms with van der Waals surface area (Å²) >= 11 is 1.67. The molecule has 3 nitrogen and oxygen atoms in total. The average molecular weight is 211 g/mol. The van der Waals surface area contributed by atoms with Crippen LogP contribution in [0.15, 0.2) is 22.4 Å². The van der Waals surface area contributed by atoms with Gasteiger partial charge in [-0.1, -0.05) is 37.6 Å². The lowest BCUT2D eigenvalue weighted by molar-refractivity contribution is 0.729. The summed E-state index contributed by atoms with van der Waals surface area (Å²) in [4.78, 5) is 4.26. The van der Waals surface area contributed by atoms with Gasteiger partial charge < -0.3 is 0 Å². The molecule has 0 atom stereocenters. The van der Waals surface area contributed by atoms with E-state index in [-0.39, 0.29) is 0 Å². The Kier molecular flexibility index (Phi) is 6.15. The Labute approximate surface area is 89.8 Å². The number of hydrogen-bond acceptors (Lipinski definition) is 3. The molecule has 0 saturated heterocycles. The van der Waals surface area contributed by atoms with E-state index in [0.29, 0.717) is 0 Å². The number of hydrogen-bond donors (Lipinski definition) is 1. The van der Waals surface area contributed by atoms with Crippen LogP contribution in [0.1, 0.15) is 32.6 Å². The summed E-state index contributed by atoms with van der Waals surface area (Å²) in [6, 6.07) is 0. The molecule has 14 heavy (non-hydrogen) atoms. The minimum Gasteiger partial charge on any atom is -0.256 e. The van der Waals surface area contributed by atoms with Crippen molar-refractivity contribution in [2.45, 2.75) is 32.6 Å². The van der Waals surface area contributed by atoms with Crippen molar-refractivity contribution in [3.8, 4) is 0 Å². The van der Waals surface area contributed by atoms with E-state index in [1.54, 1.807) is 11.8 Å². The first kappa shape index (κ1) is 11.3. The van der Waals surface area contributed by atoms with Crippen molar-refractivity contribution in [1.29, 1.82) is 0 Å². The molecule has 0 aromatic rings. The first-order chi connectivity index (χ1) is 6.93. The molecule has 4 heteroatoms. The lowest BCUT2D eigenvalue weighted by Gasteiger charge is -2.05. The highest BCUT2D eigenvalue weighted by Gasteiger charge is 1.99. The predicted octanol–water partition coefficient (Wildman–Crippen LogP) is 2.76. The SMILES string of the molecule is CCCCC/C=C/N=C1NN=CCS1. The minimum atomic E-state index is 0.888. The Bertz CT molecular complexity index is 234. The summed E-state index contributed by atoms with van der Waals surface area (Å²) in [5, 5.41) is 4.81. The van der Waals surface area contributed by atoms with Gasteiger partial charge in [0.2, 0.25) is 0 Å². The first-order valence-electron chi connectivity index (χ1n) is 5.06. The predicted molar refractivity (Wildman–Crippen MR) is 64.8 cm³/mol. The highest BCUT2D eigenvalue weighted by atomic mass is 32.2. The van der Waals surface area contributed by atoms with Gasteiger partial charge in [0.1, 0.15) is 0 Å². The molecule has 0 saturated carbocycles. The van der Waals surface area contributed by atoms with Gasteiger partial charge in [0.15, 0.2) is 5.17 Å². The molecule has 1 rings (SSSR count). The number of allylic oxidation sites excluding steroid dienone is 1. The Hall–Kier alpha value is -0.770. The van der Waals surface area contributed by atoms with Crippen molar-refractivity contribution < 1.29 is 0 Å². The van der Waals surface area contributed by atoms with Crippen LogP contribution < -0.4 is 5.43 Å². The third-order valence-corrected chi connectivity index (χ3v) is 2.60. The minimum absolute atomic E-state index is 0.888. The Morgan fingerprint density at radius 1 is 1.64 bits per heavy atom. The average Bonchev–Trinajstić information content (AvgIpc) is 2.25. The molecule has 0 fully saturated rings. The maximum Gasteiger partial charge on any atom is 0.182 e. The van der Waals surface area contributed by atoms with E-state index in [2.05, 4.69) is 28.5 Å². The first-order valence-corrected chi connectivity index (χ1v) is 6.05. The molecule has 1 N–H and O–H groups in total. The molecular weight excluding hydrogens is 194 g/mol. The lowest BCUT2D eigenvalue weighted by Crippen LogP contribution is -2.18. The van der Waals surface area contributed by atoms with Gasteiger partial charge in [-0.2, -0.15) is 5.10 Å². The van der Waals surface area contributed by atoms with E-state index >= 15 is 0 Å². The Morgan fingerprint density at radius 3 is 3.29 bits per heavy atom. The summed E-state index contributed by atoms with van der Waals surface area (Å²) in [6.07, 6.45) is 10.8. The molecule has 0 unspecified atom stereocenters. The number of rotatable bonds is 5. The quantitative estimate of drug-likeness (QED) is 0.710. The van der Waals surface area contributed by atoms with E-state index in [1.165, 1.54) is 19.3 Å². The van der Waals surface area contributed by atoms with Crippen LogP contribution in [0.3, 0.4) is 0 Å². The third-order valence-electron chi connectivity index (χ3n) is 1.82. The second kappa shape index (κ2) is 7.62. The van der Waals surface area contributed by atoms with Crippen LogP contribution in [-0.2, 0) is 0 Å². The number of thioether (sulfide) groups is 1. The monoisotopic (exact) mass is 211 g/mol. The molecule has 0 amide bonds. The summed E-state index contributed by atoms with van der Waals surface area (Å²) in [5.74, 6) is 0.912. The highest BCUT2D eigenvalue weighted by molar-refractivity contribution is 8.14. The molecule has 0 bridgehead atoms. The summed E-state index contributed by atoms with van der Waals surface area (Å²) in [5.41, 5.74) is 2.85. The third kappa shape index (κ3) is 5.07. The van der Waals surface area contributed by atoms with Gasteiger partial charge in [0.05, 0.1) is 0 Å². The zero-order valence-corrected chi connectivity index (χ0v) is 9.39. The second-order valence-corrected chi connectivity index (χ2v) is 4.06. The van der Waals surface area contributed by atoms with Crippen LogP contribution in [0, 0.1) is 0 Å². The van der Waals surface area contributed by atoms with Crippen LogP contribution in [0.2, 0.25) is 0 Å². The number of unbranched alkanes of at least 4 members (excludes halogenated alkanes) is 3. The highest BCUT2D eigenvalue weighted by Crippen LogP contribution is 2.04. The number of nitrogens with zero attached hydrogens (tertiary/aromatic N) is 2. The van der Waals surface area contributed by atoms with Crippen molar-refractivity contribution in [2.75, 3.05) is 5.75 Å². The molecule has 78 valence electrons. The molecule has 0 aromatic carbocycles. The maximum atomic E-state index is 4.26. The van der Waals surface area contributed by atoms with Gasteiger partial charge in [-0.3, -0.25) is 5.43 Å². The van der Waals surface area contributed by atoms with E-state index in [4.69, 9.17) is 0 Å². The lowest BCUT2D eigenvalue weighted by atomic mass is 10.2. The van der Waals surface area contributed by atoms with E-state index in [0.717, 1.165) is 17.3 Å². The standard InChI is InChI=1S/C10H17N3S/c1-2-3-4-5-6-7-11-10-13-12-8-9-14-10/h6-8H,2-5,9H2,1H3,(H,11,13)/b7-6+. The second-order valence-electron chi connectivity index (χ2n) is 3.05. The normalized spacial score (nSPS) is 19.1. The van der Waals surface area contributed by atoms with E-state index in [9.17, 15) is 0 Å². The van der Waals surface area contributed by atoms with Crippen molar-refractivity contribution in [1.82, 2.24) is 5.43 Å². The number of aliphatic imine (C=N–C) groups is 1. The van der Waals surface area contributed by atoms with Crippen LogP contribution >= 0.6 is 11.8 Å². The molecule has 0 aromatic heterocycles. The molecule has 1 aliphatic rings. The van der Waals surface area contributed by atoms with Gasteiger partial charge >= 0.3 is 0 Å².